The number of nitrogens with zero attached hydrogens (tertiary/aromatic N) is 1. The van der Waals surface area contributed by atoms with Gasteiger partial charge in [0.15, 0.2) is 23.0 Å². The Kier molecular flexibility index (Phi) is 8.14. The van der Waals surface area contributed by atoms with E-state index in [0.29, 0.717) is 48.4 Å². The molecule has 2 aromatic rings. The third-order valence-corrected chi connectivity index (χ3v) is 3.67. The van der Waals surface area contributed by atoms with Crippen LogP contribution in [0.15, 0.2) is 41.5 Å². The second-order valence-electron chi connectivity index (χ2n) is 5.57. The van der Waals surface area contributed by atoms with Crippen LogP contribution in [-0.4, -0.2) is 39.1 Å². The van der Waals surface area contributed by atoms with Gasteiger partial charge in [0.25, 0.3) is 5.91 Å². The van der Waals surface area contributed by atoms with Gasteiger partial charge in [0, 0.05) is 5.56 Å². The highest BCUT2D eigenvalue weighted by atomic mass is 16.5. The second-order valence-corrected chi connectivity index (χ2v) is 5.57. The summed E-state index contributed by atoms with van der Waals surface area (Å²) < 4.78 is 21.8. The molecule has 150 valence electrons. The molecule has 0 aliphatic rings. The molecule has 28 heavy (non-hydrogen) atoms. The summed E-state index contributed by atoms with van der Waals surface area (Å²) in [6.07, 6.45) is 1.54. The second kappa shape index (κ2) is 10.8. The molecular formula is C21H26N2O5. The molecule has 0 aliphatic heterocycles. The molecule has 2 rings (SSSR count). The van der Waals surface area contributed by atoms with Crippen LogP contribution in [0.1, 0.15) is 36.7 Å². The van der Waals surface area contributed by atoms with Gasteiger partial charge in [-0.25, -0.2) is 5.43 Å². The number of methoxy groups -OCH3 is 1. The number of carbonyl (C=O) groups excluding carboxylic acids is 1. The molecule has 0 atom stereocenters. The fraction of sp³-hybridized carbons (Fsp3) is 0.333. The van der Waals surface area contributed by atoms with Crippen molar-refractivity contribution in [3.05, 3.63) is 47.5 Å². The highest BCUT2D eigenvalue weighted by molar-refractivity contribution is 5.95. The molecule has 2 aromatic carbocycles. The summed E-state index contributed by atoms with van der Waals surface area (Å²) in [5.41, 5.74) is 3.70. The Balaban J connectivity index is 2.09. The number of hydrogen-bond donors (Lipinski definition) is 1. The molecule has 1 amide bonds. The number of hydrazone groups is 1. The number of nitrogens with one attached hydrogen (secondary N) is 1. The van der Waals surface area contributed by atoms with Crippen LogP contribution in [0.2, 0.25) is 0 Å². The Morgan fingerprint density at radius 3 is 2.14 bits per heavy atom. The maximum Gasteiger partial charge on any atom is 0.271 e. The average Bonchev–Trinajstić information content (AvgIpc) is 2.70. The smallest absolute Gasteiger partial charge is 0.271 e. The lowest BCUT2D eigenvalue weighted by atomic mass is 10.2. The number of benzene rings is 2. The van der Waals surface area contributed by atoms with E-state index in [4.69, 9.17) is 18.9 Å². The van der Waals surface area contributed by atoms with Gasteiger partial charge >= 0.3 is 0 Å². The molecule has 7 nitrogen and oxygen atoms in total. The third kappa shape index (κ3) is 5.64. The van der Waals surface area contributed by atoms with Crippen LogP contribution in [0, 0.1) is 0 Å². The van der Waals surface area contributed by atoms with Crippen LogP contribution in [-0.2, 0) is 0 Å². The molecule has 0 aromatic heterocycles. The van der Waals surface area contributed by atoms with Crippen molar-refractivity contribution >= 4 is 12.1 Å². The minimum Gasteiger partial charge on any atom is -0.493 e. The Morgan fingerprint density at radius 1 is 0.893 bits per heavy atom. The van der Waals surface area contributed by atoms with Gasteiger partial charge in [-0.1, -0.05) is 0 Å². The molecule has 1 N–H and O–H groups in total. The van der Waals surface area contributed by atoms with Gasteiger partial charge in [0.2, 0.25) is 0 Å². The van der Waals surface area contributed by atoms with Gasteiger partial charge in [-0.05, 0) is 62.7 Å². The molecule has 0 radical (unpaired) electrons. The number of rotatable bonds is 10. The first kappa shape index (κ1) is 21.1. The van der Waals surface area contributed by atoms with Crippen LogP contribution in [0.4, 0.5) is 0 Å². The molecule has 0 saturated heterocycles. The first-order valence-corrected chi connectivity index (χ1v) is 9.16. The Labute approximate surface area is 165 Å². The van der Waals surface area contributed by atoms with E-state index in [1.807, 2.05) is 26.8 Å². The van der Waals surface area contributed by atoms with Crippen LogP contribution >= 0.6 is 0 Å². The topological polar surface area (TPSA) is 78.4 Å². The fourth-order valence-electron chi connectivity index (χ4n) is 2.46. The maximum absolute atomic E-state index is 12.4. The van der Waals surface area contributed by atoms with Crippen LogP contribution < -0.4 is 24.4 Å². The van der Waals surface area contributed by atoms with Crippen LogP contribution in [0.5, 0.6) is 23.0 Å². The number of amides is 1. The molecule has 0 saturated carbocycles. The number of hydrogen-bond acceptors (Lipinski definition) is 6. The zero-order valence-corrected chi connectivity index (χ0v) is 16.7. The van der Waals surface area contributed by atoms with Crippen molar-refractivity contribution in [3.63, 3.8) is 0 Å². The van der Waals surface area contributed by atoms with E-state index in [0.717, 1.165) is 5.56 Å². The van der Waals surface area contributed by atoms with Crippen molar-refractivity contribution < 1.29 is 23.7 Å². The van der Waals surface area contributed by atoms with Gasteiger partial charge in [-0.3, -0.25) is 4.79 Å². The van der Waals surface area contributed by atoms with Crippen molar-refractivity contribution in [3.8, 4) is 23.0 Å². The largest absolute Gasteiger partial charge is 0.493 e. The zero-order valence-electron chi connectivity index (χ0n) is 16.7. The molecule has 0 heterocycles. The van der Waals surface area contributed by atoms with E-state index in [2.05, 4.69) is 10.5 Å². The summed E-state index contributed by atoms with van der Waals surface area (Å²) in [7, 11) is 1.58. The molecule has 0 aliphatic carbocycles. The van der Waals surface area contributed by atoms with E-state index in [9.17, 15) is 4.79 Å². The van der Waals surface area contributed by atoms with Gasteiger partial charge in [-0.15, -0.1) is 0 Å². The van der Waals surface area contributed by atoms with Crippen LogP contribution in [0.3, 0.4) is 0 Å². The molecule has 0 fully saturated rings. The van der Waals surface area contributed by atoms with Crippen LogP contribution in [0.25, 0.3) is 0 Å². The summed E-state index contributed by atoms with van der Waals surface area (Å²) in [6, 6.07) is 10.4. The van der Waals surface area contributed by atoms with Gasteiger partial charge < -0.3 is 18.9 Å². The predicted molar refractivity (Wildman–Crippen MR) is 108 cm³/mol. The van der Waals surface area contributed by atoms with E-state index in [1.165, 1.54) is 6.21 Å². The molecule has 0 unspecified atom stereocenters. The van der Waals surface area contributed by atoms with Gasteiger partial charge in [-0.2, -0.15) is 5.10 Å². The molecular weight excluding hydrogens is 360 g/mol. The van der Waals surface area contributed by atoms with Crippen molar-refractivity contribution in [2.75, 3.05) is 26.9 Å². The lowest BCUT2D eigenvalue weighted by molar-refractivity contribution is 0.0954. The van der Waals surface area contributed by atoms with Crippen molar-refractivity contribution in [2.24, 2.45) is 5.10 Å². The lowest BCUT2D eigenvalue weighted by Crippen LogP contribution is -2.17. The minimum absolute atomic E-state index is 0.348. The summed E-state index contributed by atoms with van der Waals surface area (Å²) in [5.74, 6) is 2.04. The highest BCUT2D eigenvalue weighted by Gasteiger charge is 2.11. The van der Waals surface area contributed by atoms with Crippen molar-refractivity contribution in [1.29, 1.82) is 0 Å². The molecule has 0 spiro atoms. The first-order valence-electron chi connectivity index (χ1n) is 9.16. The normalized spacial score (nSPS) is 10.6. The summed E-state index contributed by atoms with van der Waals surface area (Å²) in [4.78, 5) is 12.4. The summed E-state index contributed by atoms with van der Waals surface area (Å²) >= 11 is 0. The highest BCUT2D eigenvalue weighted by Crippen LogP contribution is 2.29. The van der Waals surface area contributed by atoms with E-state index < -0.39 is 0 Å². The van der Waals surface area contributed by atoms with Gasteiger partial charge in [0.05, 0.1) is 33.1 Å². The zero-order chi connectivity index (χ0) is 20.4. The monoisotopic (exact) mass is 386 g/mol. The standard InChI is InChI=1S/C21H26N2O5/c1-5-26-18-11-9-16(13-20(18)28-7-3)21(24)23-22-14-15-8-10-17(25-4)19(12-15)27-6-2/h8-14H,5-7H2,1-4H3,(H,23,24)/b22-14+. The summed E-state index contributed by atoms with van der Waals surface area (Å²) in [5, 5.41) is 4.02. The molecule has 7 heteroatoms. The van der Waals surface area contributed by atoms with Gasteiger partial charge in [0.1, 0.15) is 0 Å². The van der Waals surface area contributed by atoms with E-state index in [-0.39, 0.29) is 5.91 Å². The molecule has 0 bridgehead atoms. The minimum atomic E-state index is -0.348. The van der Waals surface area contributed by atoms with Crippen molar-refractivity contribution in [2.45, 2.75) is 20.8 Å². The van der Waals surface area contributed by atoms with E-state index >= 15 is 0 Å². The average molecular weight is 386 g/mol. The Morgan fingerprint density at radius 2 is 1.50 bits per heavy atom. The number of carbonyl (C=O) groups is 1. The Hall–Kier alpha value is -3.22. The summed E-state index contributed by atoms with van der Waals surface area (Å²) in [6.45, 7) is 7.17. The predicted octanol–water partition coefficient (Wildman–Crippen LogP) is 3.66. The first-order chi connectivity index (χ1) is 13.6. The lowest BCUT2D eigenvalue weighted by Gasteiger charge is -2.11. The quantitative estimate of drug-likeness (QED) is 0.498. The third-order valence-electron chi connectivity index (χ3n) is 3.67. The Bertz CT molecular complexity index is 820. The maximum atomic E-state index is 12.4. The fourth-order valence-corrected chi connectivity index (χ4v) is 2.46. The van der Waals surface area contributed by atoms with E-state index in [1.54, 1.807) is 37.4 Å². The van der Waals surface area contributed by atoms with Crippen molar-refractivity contribution in [1.82, 2.24) is 5.43 Å². The SMILES string of the molecule is CCOc1cc(/C=N/NC(=O)c2ccc(OCC)c(OCC)c2)ccc1OC. The number of ether oxygens (including phenoxy) is 4.